The van der Waals surface area contributed by atoms with E-state index in [2.05, 4.69) is 96.4 Å². The van der Waals surface area contributed by atoms with Gasteiger partial charge in [-0.3, -0.25) is 4.79 Å². The van der Waals surface area contributed by atoms with Crippen LogP contribution in [0, 0.1) is 6.92 Å². The zero-order valence-electron chi connectivity index (χ0n) is 18.3. The summed E-state index contributed by atoms with van der Waals surface area (Å²) in [5.41, 5.74) is 8.03. The predicted octanol–water partition coefficient (Wildman–Crippen LogP) is 6.64. The molecule has 2 aromatic heterocycles. The summed E-state index contributed by atoms with van der Waals surface area (Å²) >= 11 is 1.70. The van der Waals surface area contributed by atoms with Gasteiger partial charge in [-0.05, 0) is 49.4 Å². The lowest BCUT2D eigenvalue weighted by Crippen LogP contribution is -2.29. The van der Waals surface area contributed by atoms with E-state index in [1.54, 1.807) is 11.3 Å². The largest absolute Gasteiger partial charge is 0.343 e. The van der Waals surface area contributed by atoms with E-state index in [1.807, 2.05) is 6.92 Å². The number of hydrogen-bond acceptors (Lipinski definition) is 2. The summed E-state index contributed by atoms with van der Waals surface area (Å²) in [7, 11) is 2.13. The Morgan fingerprint density at radius 2 is 1.68 bits per heavy atom. The van der Waals surface area contributed by atoms with Crippen LogP contribution in [0.4, 0.5) is 0 Å². The van der Waals surface area contributed by atoms with Crippen molar-refractivity contribution >= 4 is 28.1 Å². The molecule has 0 N–H and O–H groups in total. The number of nitrogens with zero attached hydrogens (tertiary/aromatic N) is 2. The first-order chi connectivity index (χ1) is 15.0. The third kappa shape index (κ3) is 3.14. The van der Waals surface area contributed by atoms with Crippen molar-refractivity contribution in [3.8, 4) is 11.3 Å². The van der Waals surface area contributed by atoms with E-state index in [9.17, 15) is 4.79 Å². The van der Waals surface area contributed by atoms with Crippen molar-refractivity contribution in [2.45, 2.75) is 33.4 Å². The standard InChI is InChI=1S/C27H26N2OS/c1-17-11-13-20(14-12-17)26-24(22-9-5-6-10-23(22)28(26)4)25-18(2)19(3)27(30)29(25)16-21-8-7-15-31-21/h5-15,25H,16H2,1-4H3. The van der Waals surface area contributed by atoms with Gasteiger partial charge in [-0.2, -0.15) is 0 Å². The van der Waals surface area contributed by atoms with Crippen LogP contribution >= 0.6 is 11.3 Å². The molecule has 1 amide bonds. The van der Waals surface area contributed by atoms with Gasteiger partial charge >= 0.3 is 0 Å². The molecule has 31 heavy (non-hydrogen) atoms. The van der Waals surface area contributed by atoms with Gasteiger partial charge in [0.1, 0.15) is 0 Å². The predicted molar refractivity (Wildman–Crippen MR) is 129 cm³/mol. The lowest BCUT2D eigenvalue weighted by atomic mass is 9.93. The van der Waals surface area contributed by atoms with Crippen LogP contribution in [0.1, 0.15) is 35.9 Å². The molecule has 1 aliphatic rings. The Kier molecular flexibility index (Phi) is 4.82. The molecule has 156 valence electrons. The number of fused-ring (bicyclic) bond motifs is 1. The highest BCUT2D eigenvalue weighted by Gasteiger charge is 2.39. The van der Waals surface area contributed by atoms with Crippen molar-refractivity contribution in [1.82, 2.24) is 9.47 Å². The first kappa shape index (κ1) is 19.8. The van der Waals surface area contributed by atoms with E-state index in [-0.39, 0.29) is 11.9 Å². The minimum Gasteiger partial charge on any atom is -0.343 e. The highest BCUT2D eigenvalue weighted by atomic mass is 32.1. The quantitative estimate of drug-likeness (QED) is 0.359. The van der Waals surface area contributed by atoms with Gasteiger partial charge in [0.2, 0.25) is 0 Å². The molecular weight excluding hydrogens is 400 g/mol. The molecule has 4 heteroatoms. The third-order valence-electron chi connectivity index (χ3n) is 6.55. The number of thiophene rings is 1. The number of para-hydroxylation sites is 1. The highest BCUT2D eigenvalue weighted by Crippen LogP contribution is 2.46. The molecule has 0 saturated carbocycles. The van der Waals surface area contributed by atoms with Crippen LogP contribution in [0.5, 0.6) is 0 Å². The van der Waals surface area contributed by atoms with Crippen LogP contribution in [0.2, 0.25) is 0 Å². The first-order valence-corrected chi connectivity index (χ1v) is 11.5. The smallest absolute Gasteiger partial charge is 0.250 e. The van der Waals surface area contributed by atoms with Gasteiger partial charge in [0.05, 0.1) is 18.3 Å². The third-order valence-corrected chi connectivity index (χ3v) is 7.41. The number of carbonyl (C=O) groups is 1. The minimum absolute atomic E-state index is 0.0722. The molecule has 3 nitrogen and oxygen atoms in total. The highest BCUT2D eigenvalue weighted by molar-refractivity contribution is 7.09. The van der Waals surface area contributed by atoms with E-state index < -0.39 is 0 Å². The summed E-state index contributed by atoms with van der Waals surface area (Å²) in [5, 5.41) is 3.29. The van der Waals surface area contributed by atoms with Crippen molar-refractivity contribution in [2.75, 3.05) is 0 Å². The van der Waals surface area contributed by atoms with Crippen LogP contribution < -0.4 is 0 Å². The maximum Gasteiger partial charge on any atom is 0.250 e. The molecule has 4 aromatic rings. The average Bonchev–Trinajstić information content (AvgIpc) is 3.44. The number of rotatable bonds is 4. The van der Waals surface area contributed by atoms with Crippen LogP contribution in [0.3, 0.4) is 0 Å². The normalized spacial score (nSPS) is 16.7. The van der Waals surface area contributed by atoms with Gasteiger partial charge in [-0.15, -0.1) is 11.3 Å². The maximum atomic E-state index is 13.3. The maximum absolute atomic E-state index is 13.3. The van der Waals surface area contributed by atoms with Crippen molar-refractivity contribution in [2.24, 2.45) is 7.05 Å². The van der Waals surface area contributed by atoms with Crippen LogP contribution in [0.15, 0.2) is 77.2 Å². The molecule has 3 heterocycles. The van der Waals surface area contributed by atoms with Crippen LogP contribution in [-0.4, -0.2) is 15.4 Å². The molecule has 0 aliphatic carbocycles. The van der Waals surface area contributed by atoms with Crippen molar-refractivity contribution < 1.29 is 4.79 Å². The van der Waals surface area contributed by atoms with Crippen molar-refractivity contribution in [1.29, 1.82) is 0 Å². The Morgan fingerprint density at radius 3 is 2.39 bits per heavy atom. The van der Waals surface area contributed by atoms with E-state index in [1.165, 1.54) is 38.2 Å². The van der Waals surface area contributed by atoms with E-state index >= 15 is 0 Å². The van der Waals surface area contributed by atoms with Gasteiger partial charge in [-0.25, -0.2) is 0 Å². The fraction of sp³-hybridized carbons (Fsp3) is 0.222. The van der Waals surface area contributed by atoms with E-state index in [4.69, 9.17) is 0 Å². The van der Waals surface area contributed by atoms with E-state index in [0.717, 1.165) is 11.1 Å². The lowest BCUT2D eigenvalue weighted by Gasteiger charge is -2.27. The van der Waals surface area contributed by atoms with E-state index in [0.29, 0.717) is 6.54 Å². The Hall–Kier alpha value is -3.11. The number of aryl methyl sites for hydroxylation is 2. The molecule has 0 fully saturated rings. The van der Waals surface area contributed by atoms with Gasteiger partial charge in [-0.1, -0.05) is 54.1 Å². The number of carbonyl (C=O) groups excluding carboxylic acids is 1. The fourth-order valence-corrected chi connectivity index (χ4v) is 5.51. The molecule has 0 bridgehead atoms. The molecule has 0 spiro atoms. The average molecular weight is 427 g/mol. The molecule has 0 saturated heterocycles. The van der Waals surface area contributed by atoms with Gasteiger partial charge in [0, 0.05) is 34.0 Å². The zero-order valence-corrected chi connectivity index (χ0v) is 19.2. The molecule has 1 aliphatic heterocycles. The van der Waals surface area contributed by atoms with Crippen LogP contribution in [-0.2, 0) is 18.4 Å². The van der Waals surface area contributed by atoms with Crippen molar-refractivity contribution in [3.05, 3.63) is 93.2 Å². The Bertz CT molecular complexity index is 1310. The van der Waals surface area contributed by atoms with Crippen LogP contribution in [0.25, 0.3) is 22.2 Å². The molecule has 1 unspecified atom stereocenters. The second-order valence-corrected chi connectivity index (χ2v) is 9.46. The summed E-state index contributed by atoms with van der Waals surface area (Å²) in [5.74, 6) is 0.138. The zero-order chi connectivity index (χ0) is 21.7. The SMILES string of the molecule is CC1=C(C)C(c2c(-c3ccc(C)cc3)n(C)c3ccccc23)N(Cc2cccs2)C1=O. The number of aromatic nitrogens is 1. The Balaban J connectivity index is 1.77. The summed E-state index contributed by atoms with van der Waals surface area (Å²) in [4.78, 5) is 16.6. The van der Waals surface area contributed by atoms with Gasteiger partial charge in [0.15, 0.2) is 0 Å². The summed E-state index contributed by atoms with van der Waals surface area (Å²) in [6.07, 6.45) is 0. The van der Waals surface area contributed by atoms with Crippen molar-refractivity contribution in [3.63, 3.8) is 0 Å². The van der Waals surface area contributed by atoms with Gasteiger partial charge in [0.25, 0.3) is 5.91 Å². The summed E-state index contributed by atoms with van der Waals surface area (Å²) in [6.45, 7) is 6.83. The summed E-state index contributed by atoms with van der Waals surface area (Å²) < 4.78 is 2.28. The Morgan fingerprint density at radius 1 is 0.935 bits per heavy atom. The molecular formula is C27H26N2OS. The number of amides is 1. The minimum atomic E-state index is -0.0722. The fourth-order valence-electron chi connectivity index (χ4n) is 4.81. The monoisotopic (exact) mass is 426 g/mol. The lowest BCUT2D eigenvalue weighted by molar-refractivity contribution is -0.127. The Labute approximate surface area is 187 Å². The molecule has 0 radical (unpaired) electrons. The molecule has 1 atom stereocenters. The molecule has 2 aromatic carbocycles. The topological polar surface area (TPSA) is 25.2 Å². The summed E-state index contributed by atoms with van der Waals surface area (Å²) in [6, 6.07) is 21.3. The molecule has 5 rings (SSSR count). The second kappa shape index (κ2) is 7.54. The first-order valence-electron chi connectivity index (χ1n) is 10.6. The second-order valence-electron chi connectivity index (χ2n) is 8.43. The number of benzene rings is 2. The number of hydrogen-bond donors (Lipinski definition) is 0. The van der Waals surface area contributed by atoms with Gasteiger partial charge < -0.3 is 9.47 Å².